The second-order valence-corrected chi connectivity index (χ2v) is 9.61. The molecule has 0 saturated heterocycles. The van der Waals surface area contributed by atoms with Crippen molar-refractivity contribution in [1.29, 1.82) is 0 Å². The van der Waals surface area contributed by atoms with Gasteiger partial charge in [0.15, 0.2) is 0 Å². The summed E-state index contributed by atoms with van der Waals surface area (Å²) in [6.45, 7) is 3.36. The van der Waals surface area contributed by atoms with Crippen molar-refractivity contribution >= 4 is 68.0 Å². The summed E-state index contributed by atoms with van der Waals surface area (Å²) in [5.74, 6) is -0.488. The van der Waals surface area contributed by atoms with E-state index < -0.39 is 17.2 Å². The standard InChI is InChI=1S/C22H16Cl3N3O3S/c1-11-12(2)32-21-19(11)20(30)28(15-5-3-4-13(23)8-15)22(31)27(21)10-18(29)26-17-9-14(24)6-7-16(17)25/h3-9H,10H2,1-2H3,(H,26,29). The number of aryl methyl sites for hydroxylation is 2. The number of hydrogen-bond acceptors (Lipinski definition) is 4. The van der Waals surface area contributed by atoms with Gasteiger partial charge in [0.05, 0.1) is 21.8 Å². The summed E-state index contributed by atoms with van der Waals surface area (Å²) < 4.78 is 2.32. The fraction of sp³-hybridized carbons (Fsp3) is 0.136. The van der Waals surface area contributed by atoms with E-state index in [2.05, 4.69) is 5.32 Å². The minimum atomic E-state index is -0.640. The maximum Gasteiger partial charge on any atom is 0.337 e. The molecule has 0 atom stereocenters. The fourth-order valence-electron chi connectivity index (χ4n) is 3.37. The van der Waals surface area contributed by atoms with E-state index in [0.29, 0.717) is 36.7 Å². The van der Waals surface area contributed by atoms with E-state index in [9.17, 15) is 14.4 Å². The summed E-state index contributed by atoms with van der Waals surface area (Å²) in [5.41, 5.74) is 0.319. The minimum absolute atomic E-state index is 0.312. The molecule has 4 aromatic rings. The molecular weight excluding hydrogens is 493 g/mol. The van der Waals surface area contributed by atoms with E-state index in [1.807, 2.05) is 13.8 Å². The monoisotopic (exact) mass is 507 g/mol. The van der Waals surface area contributed by atoms with Gasteiger partial charge in [-0.25, -0.2) is 9.36 Å². The van der Waals surface area contributed by atoms with E-state index in [0.717, 1.165) is 15.0 Å². The highest BCUT2D eigenvalue weighted by Crippen LogP contribution is 2.28. The van der Waals surface area contributed by atoms with E-state index in [1.165, 1.54) is 28.0 Å². The predicted molar refractivity (Wildman–Crippen MR) is 131 cm³/mol. The first-order valence-corrected chi connectivity index (χ1v) is 11.4. The van der Waals surface area contributed by atoms with Crippen LogP contribution in [0.4, 0.5) is 5.69 Å². The first-order chi connectivity index (χ1) is 15.2. The third kappa shape index (κ3) is 4.09. The smallest absolute Gasteiger partial charge is 0.323 e. The van der Waals surface area contributed by atoms with Gasteiger partial charge in [-0.3, -0.25) is 14.2 Å². The van der Waals surface area contributed by atoms with Crippen LogP contribution < -0.4 is 16.6 Å². The van der Waals surface area contributed by atoms with Gasteiger partial charge in [0.1, 0.15) is 11.4 Å². The van der Waals surface area contributed by atoms with Crippen LogP contribution in [-0.2, 0) is 11.3 Å². The number of carbonyl (C=O) groups is 1. The van der Waals surface area contributed by atoms with Crippen LogP contribution in [0.2, 0.25) is 15.1 Å². The zero-order valence-corrected chi connectivity index (χ0v) is 20.0. The minimum Gasteiger partial charge on any atom is -0.323 e. The number of carbonyl (C=O) groups excluding carboxylic acids is 1. The molecule has 0 spiro atoms. The number of aromatic nitrogens is 2. The second-order valence-electron chi connectivity index (χ2n) is 7.12. The van der Waals surface area contributed by atoms with Crippen molar-refractivity contribution in [2.75, 3.05) is 5.32 Å². The molecule has 2 aromatic carbocycles. The molecule has 0 radical (unpaired) electrons. The SMILES string of the molecule is Cc1sc2c(c1C)c(=O)n(-c1cccc(Cl)c1)c(=O)n2CC(=O)Nc1cc(Cl)ccc1Cl. The Labute approximate surface area is 201 Å². The molecule has 164 valence electrons. The fourth-order valence-corrected chi connectivity index (χ4v) is 5.03. The molecule has 1 amide bonds. The lowest BCUT2D eigenvalue weighted by Crippen LogP contribution is -2.40. The molecule has 0 aliphatic heterocycles. The topological polar surface area (TPSA) is 73.1 Å². The van der Waals surface area contributed by atoms with Gasteiger partial charge in [-0.1, -0.05) is 40.9 Å². The van der Waals surface area contributed by atoms with Gasteiger partial charge < -0.3 is 5.32 Å². The summed E-state index contributed by atoms with van der Waals surface area (Å²) in [6, 6.07) is 11.1. The van der Waals surface area contributed by atoms with E-state index in [1.54, 1.807) is 30.3 Å². The number of halogens is 3. The third-order valence-corrected chi connectivity index (χ3v) is 7.05. The summed E-state index contributed by atoms with van der Waals surface area (Å²) in [4.78, 5) is 40.9. The molecule has 0 saturated carbocycles. The van der Waals surface area contributed by atoms with Crippen LogP contribution in [0.1, 0.15) is 10.4 Å². The molecule has 1 N–H and O–H groups in total. The Morgan fingerprint density at radius 2 is 1.75 bits per heavy atom. The Kier molecular flexibility index (Phi) is 6.18. The molecule has 0 bridgehead atoms. The highest BCUT2D eigenvalue weighted by Gasteiger charge is 2.21. The normalized spacial score (nSPS) is 11.2. The van der Waals surface area contributed by atoms with Crippen LogP contribution in [-0.4, -0.2) is 15.0 Å². The van der Waals surface area contributed by atoms with Gasteiger partial charge in [0.25, 0.3) is 5.56 Å². The summed E-state index contributed by atoms with van der Waals surface area (Å²) in [7, 11) is 0. The van der Waals surface area contributed by atoms with E-state index >= 15 is 0 Å². The van der Waals surface area contributed by atoms with Gasteiger partial charge in [-0.15, -0.1) is 11.3 Å². The Bertz CT molecular complexity index is 1500. The lowest BCUT2D eigenvalue weighted by atomic mass is 10.2. The number of amides is 1. The third-order valence-electron chi connectivity index (χ3n) is 5.02. The molecule has 2 aromatic heterocycles. The van der Waals surface area contributed by atoms with Gasteiger partial charge in [0, 0.05) is 14.9 Å². The lowest BCUT2D eigenvalue weighted by Gasteiger charge is -2.13. The lowest BCUT2D eigenvalue weighted by molar-refractivity contribution is -0.116. The number of nitrogens with one attached hydrogen (secondary N) is 1. The van der Waals surface area contributed by atoms with E-state index in [4.69, 9.17) is 34.8 Å². The maximum atomic E-state index is 13.4. The number of rotatable bonds is 4. The molecule has 32 heavy (non-hydrogen) atoms. The molecule has 0 unspecified atom stereocenters. The van der Waals surface area contributed by atoms with Crippen molar-refractivity contribution in [2.45, 2.75) is 20.4 Å². The average Bonchev–Trinajstić information content (AvgIpc) is 3.03. The van der Waals surface area contributed by atoms with Crippen LogP contribution in [0.3, 0.4) is 0 Å². The van der Waals surface area contributed by atoms with Crippen LogP contribution in [0.25, 0.3) is 15.9 Å². The number of nitrogens with zero attached hydrogens (tertiary/aromatic N) is 2. The first kappa shape index (κ1) is 22.6. The Morgan fingerprint density at radius 3 is 2.47 bits per heavy atom. The van der Waals surface area contributed by atoms with Crippen molar-refractivity contribution in [2.24, 2.45) is 0 Å². The van der Waals surface area contributed by atoms with Crippen molar-refractivity contribution in [3.8, 4) is 5.69 Å². The van der Waals surface area contributed by atoms with Crippen molar-refractivity contribution < 1.29 is 4.79 Å². The highest BCUT2D eigenvalue weighted by atomic mass is 35.5. The van der Waals surface area contributed by atoms with Crippen LogP contribution in [0, 0.1) is 13.8 Å². The summed E-state index contributed by atoms with van der Waals surface area (Å²) in [6.07, 6.45) is 0. The molecule has 0 aliphatic carbocycles. The van der Waals surface area contributed by atoms with Crippen molar-refractivity contribution in [3.05, 3.63) is 88.8 Å². The number of benzene rings is 2. The summed E-state index contributed by atoms with van der Waals surface area (Å²) >= 11 is 19.5. The molecule has 0 aliphatic rings. The number of hydrogen-bond donors (Lipinski definition) is 1. The predicted octanol–water partition coefficient (Wildman–Crippen LogP) is 5.43. The Hall–Kier alpha value is -2.58. The largest absolute Gasteiger partial charge is 0.337 e. The van der Waals surface area contributed by atoms with Crippen molar-refractivity contribution in [3.63, 3.8) is 0 Å². The average molecular weight is 509 g/mol. The zero-order chi connectivity index (χ0) is 23.2. The Balaban J connectivity index is 1.88. The van der Waals surface area contributed by atoms with Gasteiger partial charge >= 0.3 is 5.69 Å². The van der Waals surface area contributed by atoms with Crippen molar-refractivity contribution in [1.82, 2.24) is 9.13 Å². The molecule has 2 heterocycles. The van der Waals surface area contributed by atoms with Gasteiger partial charge in [-0.2, -0.15) is 0 Å². The summed E-state index contributed by atoms with van der Waals surface area (Å²) in [5, 5.41) is 4.17. The first-order valence-electron chi connectivity index (χ1n) is 9.43. The molecule has 0 fully saturated rings. The Morgan fingerprint density at radius 1 is 1.03 bits per heavy atom. The molecule has 6 nitrogen and oxygen atoms in total. The van der Waals surface area contributed by atoms with E-state index in [-0.39, 0.29) is 6.54 Å². The number of anilines is 1. The molecule has 10 heteroatoms. The maximum absolute atomic E-state index is 13.4. The van der Waals surface area contributed by atoms with Gasteiger partial charge in [0.2, 0.25) is 5.91 Å². The van der Waals surface area contributed by atoms with Gasteiger partial charge in [-0.05, 0) is 55.8 Å². The highest BCUT2D eigenvalue weighted by molar-refractivity contribution is 7.18. The second kappa shape index (κ2) is 8.75. The van der Waals surface area contributed by atoms with Crippen LogP contribution >= 0.6 is 46.1 Å². The zero-order valence-electron chi connectivity index (χ0n) is 16.9. The number of thiophene rings is 1. The number of fused-ring (bicyclic) bond motifs is 1. The van der Waals surface area contributed by atoms with Crippen LogP contribution in [0.15, 0.2) is 52.1 Å². The van der Waals surface area contributed by atoms with Crippen LogP contribution in [0.5, 0.6) is 0 Å². The molecular formula is C22H16Cl3N3O3S. The molecule has 4 rings (SSSR count). The quantitative estimate of drug-likeness (QED) is 0.399.